The van der Waals surface area contributed by atoms with Gasteiger partial charge in [-0.05, 0) is 48.1 Å². The standard InChI is InChI=1S/C16H23N3O2/c1-15(2)10-6-7-16(3,9-10)14(15)18-11-4-5-13(19(20)21)12(17)8-11/h4-5,8,10,14,18H,6-7,9,17H2,1-3H3. The molecule has 1 aromatic carbocycles. The lowest BCUT2D eigenvalue weighted by molar-refractivity contribution is -0.383. The van der Waals surface area contributed by atoms with Gasteiger partial charge in [0.25, 0.3) is 5.69 Å². The van der Waals surface area contributed by atoms with Crippen molar-refractivity contribution in [3.8, 4) is 0 Å². The Morgan fingerprint density at radius 1 is 1.38 bits per heavy atom. The summed E-state index contributed by atoms with van der Waals surface area (Å²) in [7, 11) is 0. The summed E-state index contributed by atoms with van der Waals surface area (Å²) in [5.41, 5.74) is 7.41. The number of nitro benzene ring substituents is 1. The Morgan fingerprint density at radius 3 is 2.62 bits per heavy atom. The van der Waals surface area contributed by atoms with Crippen molar-refractivity contribution >= 4 is 17.1 Å². The first-order chi connectivity index (χ1) is 9.74. The largest absolute Gasteiger partial charge is 0.393 e. The van der Waals surface area contributed by atoms with Crippen LogP contribution in [0, 0.1) is 26.9 Å². The summed E-state index contributed by atoms with van der Waals surface area (Å²) in [5, 5.41) is 14.4. The van der Waals surface area contributed by atoms with E-state index >= 15 is 0 Å². The van der Waals surface area contributed by atoms with Gasteiger partial charge in [-0.15, -0.1) is 0 Å². The van der Waals surface area contributed by atoms with Gasteiger partial charge in [0, 0.05) is 17.8 Å². The molecule has 0 spiro atoms. The molecule has 3 unspecified atom stereocenters. The van der Waals surface area contributed by atoms with E-state index in [0.29, 0.717) is 11.5 Å². The third kappa shape index (κ3) is 2.06. The van der Waals surface area contributed by atoms with E-state index in [4.69, 9.17) is 5.73 Å². The van der Waals surface area contributed by atoms with Gasteiger partial charge < -0.3 is 11.1 Å². The number of nitrogens with zero attached hydrogens (tertiary/aromatic N) is 1. The van der Waals surface area contributed by atoms with Gasteiger partial charge in [-0.3, -0.25) is 10.1 Å². The summed E-state index contributed by atoms with van der Waals surface area (Å²) in [5.74, 6) is 0.760. The van der Waals surface area contributed by atoms with Crippen molar-refractivity contribution < 1.29 is 4.92 Å². The third-order valence-corrected chi connectivity index (χ3v) is 5.80. The van der Waals surface area contributed by atoms with Crippen LogP contribution in [0.5, 0.6) is 0 Å². The number of nitrogens with one attached hydrogen (secondary N) is 1. The Bertz CT molecular complexity index is 594. The lowest BCUT2D eigenvalue weighted by atomic mass is 9.68. The molecule has 114 valence electrons. The van der Waals surface area contributed by atoms with Crippen LogP contribution in [0.1, 0.15) is 40.0 Å². The van der Waals surface area contributed by atoms with Gasteiger partial charge in [-0.1, -0.05) is 20.8 Å². The van der Waals surface area contributed by atoms with E-state index in [1.54, 1.807) is 12.1 Å². The second-order valence-electron chi connectivity index (χ2n) is 7.52. The highest BCUT2D eigenvalue weighted by Gasteiger charge is 2.59. The maximum Gasteiger partial charge on any atom is 0.292 e. The van der Waals surface area contributed by atoms with Crippen LogP contribution >= 0.6 is 0 Å². The average molecular weight is 289 g/mol. The molecule has 2 aliphatic carbocycles. The van der Waals surface area contributed by atoms with E-state index in [2.05, 4.69) is 26.1 Å². The zero-order valence-electron chi connectivity index (χ0n) is 12.8. The minimum atomic E-state index is -0.443. The highest BCUT2D eigenvalue weighted by atomic mass is 16.6. The lowest BCUT2D eigenvalue weighted by Gasteiger charge is -2.43. The topological polar surface area (TPSA) is 81.2 Å². The van der Waals surface area contributed by atoms with Crippen LogP contribution in [0.2, 0.25) is 0 Å². The van der Waals surface area contributed by atoms with Crippen LogP contribution in [0.15, 0.2) is 18.2 Å². The molecule has 0 aliphatic heterocycles. The first-order valence-electron chi connectivity index (χ1n) is 7.54. The molecule has 2 aliphatic rings. The quantitative estimate of drug-likeness (QED) is 0.503. The molecule has 0 saturated heterocycles. The van der Waals surface area contributed by atoms with Gasteiger partial charge in [-0.25, -0.2) is 0 Å². The van der Waals surface area contributed by atoms with Gasteiger partial charge in [0.05, 0.1) is 4.92 Å². The highest BCUT2D eigenvalue weighted by molar-refractivity contribution is 5.66. The van der Waals surface area contributed by atoms with Gasteiger partial charge in [-0.2, -0.15) is 0 Å². The Balaban J connectivity index is 1.87. The molecule has 2 saturated carbocycles. The van der Waals surface area contributed by atoms with Gasteiger partial charge in [0.1, 0.15) is 5.69 Å². The first kappa shape index (κ1) is 14.2. The zero-order chi connectivity index (χ0) is 15.4. The summed E-state index contributed by atoms with van der Waals surface area (Å²) < 4.78 is 0. The molecular formula is C16H23N3O2. The highest BCUT2D eigenvalue weighted by Crippen LogP contribution is 2.63. The molecule has 5 heteroatoms. The minimum Gasteiger partial charge on any atom is -0.393 e. The number of fused-ring (bicyclic) bond motifs is 2. The van der Waals surface area contributed by atoms with E-state index in [1.165, 1.54) is 25.3 Å². The van der Waals surface area contributed by atoms with Crippen molar-refractivity contribution in [1.82, 2.24) is 0 Å². The smallest absolute Gasteiger partial charge is 0.292 e. The van der Waals surface area contributed by atoms with Crippen LogP contribution in [0.3, 0.4) is 0 Å². The summed E-state index contributed by atoms with van der Waals surface area (Å²) in [4.78, 5) is 10.4. The van der Waals surface area contributed by atoms with Crippen molar-refractivity contribution in [2.75, 3.05) is 11.1 Å². The second-order valence-corrected chi connectivity index (χ2v) is 7.52. The number of nitrogens with two attached hydrogens (primary N) is 1. The van der Waals surface area contributed by atoms with E-state index in [0.717, 1.165) is 11.6 Å². The van der Waals surface area contributed by atoms with Crippen molar-refractivity contribution in [3.05, 3.63) is 28.3 Å². The number of nitrogen functional groups attached to an aromatic ring is 1. The maximum absolute atomic E-state index is 10.8. The molecule has 0 heterocycles. The van der Waals surface area contributed by atoms with Crippen LogP contribution in [0.25, 0.3) is 0 Å². The third-order valence-electron chi connectivity index (χ3n) is 5.80. The number of rotatable bonds is 3. The number of hydrogen-bond acceptors (Lipinski definition) is 4. The Hall–Kier alpha value is -1.78. The second kappa shape index (κ2) is 4.36. The Labute approximate surface area is 125 Å². The average Bonchev–Trinajstić information content (AvgIpc) is 2.85. The molecule has 1 aromatic rings. The predicted octanol–water partition coefficient (Wildman–Crippen LogP) is 3.80. The van der Waals surface area contributed by atoms with Crippen molar-refractivity contribution in [1.29, 1.82) is 0 Å². The number of hydrogen-bond donors (Lipinski definition) is 2. The fourth-order valence-corrected chi connectivity index (χ4v) is 4.64. The van der Waals surface area contributed by atoms with Crippen molar-refractivity contribution in [3.63, 3.8) is 0 Å². The summed E-state index contributed by atoms with van der Waals surface area (Å²) in [6.07, 6.45) is 3.82. The number of nitro groups is 1. The molecule has 3 N–H and O–H groups in total. The summed E-state index contributed by atoms with van der Waals surface area (Å²) in [6, 6.07) is 5.31. The molecule has 0 aromatic heterocycles. The van der Waals surface area contributed by atoms with Crippen LogP contribution in [-0.2, 0) is 0 Å². The normalized spacial score (nSPS) is 33.1. The monoisotopic (exact) mass is 289 g/mol. The molecule has 21 heavy (non-hydrogen) atoms. The van der Waals surface area contributed by atoms with Crippen molar-refractivity contribution in [2.24, 2.45) is 16.7 Å². The van der Waals surface area contributed by atoms with Crippen LogP contribution in [0.4, 0.5) is 17.1 Å². The molecule has 2 fully saturated rings. The lowest BCUT2D eigenvalue weighted by Crippen LogP contribution is -2.45. The molecular weight excluding hydrogens is 266 g/mol. The minimum absolute atomic E-state index is 0.0287. The zero-order valence-corrected chi connectivity index (χ0v) is 12.8. The SMILES string of the molecule is CC12CCC(C1)C(C)(C)C2Nc1ccc([N+](=O)[O-])c(N)c1. The number of anilines is 2. The molecule has 0 amide bonds. The van der Waals surface area contributed by atoms with E-state index in [-0.39, 0.29) is 16.8 Å². The summed E-state index contributed by atoms with van der Waals surface area (Å²) in [6.45, 7) is 7.01. The van der Waals surface area contributed by atoms with Gasteiger partial charge in [0.2, 0.25) is 0 Å². The van der Waals surface area contributed by atoms with Gasteiger partial charge in [0.15, 0.2) is 0 Å². The fourth-order valence-electron chi connectivity index (χ4n) is 4.64. The maximum atomic E-state index is 10.8. The summed E-state index contributed by atoms with van der Waals surface area (Å²) >= 11 is 0. The Morgan fingerprint density at radius 2 is 2.10 bits per heavy atom. The molecule has 3 atom stereocenters. The van der Waals surface area contributed by atoms with E-state index < -0.39 is 4.92 Å². The molecule has 5 nitrogen and oxygen atoms in total. The van der Waals surface area contributed by atoms with Crippen LogP contribution in [-0.4, -0.2) is 11.0 Å². The van der Waals surface area contributed by atoms with Crippen molar-refractivity contribution in [2.45, 2.75) is 46.1 Å². The molecule has 2 bridgehead atoms. The molecule has 0 radical (unpaired) electrons. The van der Waals surface area contributed by atoms with Crippen LogP contribution < -0.4 is 11.1 Å². The predicted molar refractivity (Wildman–Crippen MR) is 84.1 cm³/mol. The number of benzene rings is 1. The van der Waals surface area contributed by atoms with Gasteiger partial charge >= 0.3 is 0 Å². The fraction of sp³-hybridized carbons (Fsp3) is 0.625. The molecule has 3 rings (SSSR count). The Kier molecular flexibility index (Phi) is 2.94. The first-order valence-corrected chi connectivity index (χ1v) is 7.54. The van der Waals surface area contributed by atoms with E-state index in [1.807, 2.05) is 0 Å². The van der Waals surface area contributed by atoms with E-state index in [9.17, 15) is 10.1 Å².